The lowest BCUT2D eigenvalue weighted by Gasteiger charge is -2.14. The first kappa shape index (κ1) is 16.7. The molecule has 0 radical (unpaired) electrons. The largest absolute Gasteiger partial charge is 0.475 e. The molecule has 2 heterocycles. The molecular weight excluding hydrogens is 296 g/mol. The third-order valence-corrected chi connectivity index (χ3v) is 3.01. The molecule has 0 spiro atoms. The summed E-state index contributed by atoms with van der Waals surface area (Å²) in [5.74, 6) is 0.481. The van der Waals surface area contributed by atoms with Crippen molar-refractivity contribution >= 4 is 11.7 Å². The van der Waals surface area contributed by atoms with E-state index >= 15 is 0 Å². The molecule has 7 heteroatoms. The van der Waals surface area contributed by atoms with E-state index in [4.69, 9.17) is 9.47 Å². The fourth-order valence-corrected chi connectivity index (χ4v) is 1.84. The number of amides is 2. The zero-order valence-electron chi connectivity index (χ0n) is 13.2. The number of pyridine rings is 2. The molecule has 0 saturated heterocycles. The summed E-state index contributed by atoms with van der Waals surface area (Å²) in [7, 11) is 1.61. The zero-order chi connectivity index (χ0) is 16.5. The molecule has 0 fully saturated rings. The lowest BCUT2D eigenvalue weighted by molar-refractivity contribution is 0.144. The Morgan fingerprint density at radius 3 is 2.74 bits per heavy atom. The second-order valence-corrected chi connectivity index (χ2v) is 4.80. The van der Waals surface area contributed by atoms with Crippen molar-refractivity contribution in [2.45, 2.75) is 13.0 Å². The van der Waals surface area contributed by atoms with E-state index in [1.165, 1.54) is 6.20 Å². The molecule has 0 aliphatic heterocycles. The second kappa shape index (κ2) is 8.70. The Labute approximate surface area is 135 Å². The standard InChI is InChI=1S/C16H20N4O3/c1-12(14-5-3-4-8-17-14)19-16(21)20-13-6-7-15(18-11-13)23-10-9-22-2/h3-8,11-12H,9-10H2,1-2H3,(H2,19,20,21)/t12-/m1/s1. The molecule has 2 amide bonds. The van der Waals surface area contributed by atoms with Crippen LogP contribution in [-0.4, -0.2) is 36.3 Å². The number of urea groups is 1. The maximum atomic E-state index is 12.0. The molecule has 2 rings (SSSR count). The summed E-state index contributed by atoms with van der Waals surface area (Å²) >= 11 is 0. The summed E-state index contributed by atoms with van der Waals surface area (Å²) in [4.78, 5) is 20.3. The fraction of sp³-hybridized carbons (Fsp3) is 0.312. The van der Waals surface area contributed by atoms with Crippen molar-refractivity contribution in [2.24, 2.45) is 0 Å². The maximum absolute atomic E-state index is 12.0. The van der Waals surface area contributed by atoms with Crippen molar-refractivity contribution in [3.63, 3.8) is 0 Å². The van der Waals surface area contributed by atoms with Gasteiger partial charge in [0.25, 0.3) is 0 Å². The number of carbonyl (C=O) groups is 1. The van der Waals surface area contributed by atoms with Gasteiger partial charge in [0.2, 0.25) is 5.88 Å². The number of rotatable bonds is 7. The van der Waals surface area contributed by atoms with Gasteiger partial charge in [-0.15, -0.1) is 0 Å². The molecule has 0 aliphatic rings. The van der Waals surface area contributed by atoms with Crippen LogP contribution in [0.3, 0.4) is 0 Å². The van der Waals surface area contributed by atoms with Crippen LogP contribution >= 0.6 is 0 Å². The first-order chi connectivity index (χ1) is 11.2. The summed E-state index contributed by atoms with van der Waals surface area (Å²) in [6, 6.07) is 8.47. The molecule has 2 aromatic rings. The summed E-state index contributed by atoms with van der Waals surface area (Å²) in [5, 5.41) is 5.53. The van der Waals surface area contributed by atoms with Crippen LogP contribution in [-0.2, 0) is 4.74 Å². The molecule has 1 atom stereocenters. The third-order valence-electron chi connectivity index (χ3n) is 3.01. The van der Waals surface area contributed by atoms with Gasteiger partial charge in [-0.05, 0) is 25.1 Å². The van der Waals surface area contributed by atoms with Crippen LogP contribution in [0, 0.1) is 0 Å². The lowest BCUT2D eigenvalue weighted by atomic mass is 10.2. The number of nitrogens with one attached hydrogen (secondary N) is 2. The highest BCUT2D eigenvalue weighted by Gasteiger charge is 2.10. The highest BCUT2D eigenvalue weighted by atomic mass is 16.5. The van der Waals surface area contributed by atoms with Crippen molar-refractivity contribution in [1.29, 1.82) is 0 Å². The van der Waals surface area contributed by atoms with Gasteiger partial charge in [-0.1, -0.05) is 6.07 Å². The SMILES string of the molecule is COCCOc1ccc(NC(=O)N[C@H](C)c2ccccn2)cn1. The Morgan fingerprint density at radius 2 is 2.09 bits per heavy atom. The number of methoxy groups -OCH3 is 1. The summed E-state index contributed by atoms with van der Waals surface area (Å²) in [5.41, 5.74) is 1.37. The Kier molecular flexibility index (Phi) is 6.31. The Morgan fingerprint density at radius 1 is 1.22 bits per heavy atom. The van der Waals surface area contributed by atoms with Crippen LogP contribution < -0.4 is 15.4 Å². The zero-order valence-corrected chi connectivity index (χ0v) is 13.2. The lowest BCUT2D eigenvalue weighted by Crippen LogP contribution is -2.31. The van der Waals surface area contributed by atoms with Crippen LogP contribution in [0.1, 0.15) is 18.7 Å². The molecule has 2 aromatic heterocycles. The van der Waals surface area contributed by atoms with E-state index in [-0.39, 0.29) is 12.1 Å². The molecular formula is C16H20N4O3. The number of anilines is 1. The van der Waals surface area contributed by atoms with Gasteiger partial charge in [-0.2, -0.15) is 0 Å². The third kappa shape index (κ3) is 5.55. The predicted molar refractivity (Wildman–Crippen MR) is 86.4 cm³/mol. The van der Waals surface area contributed by atoms with Crippen LogP contribution in [0.5, 0.6) is 5.88 Å². The van der Waals surface area contributed by atoms with Gasteiger partial charge < -0.3 is 20.1 Å². The van der Waals surface area contributed by atoms with Crippen LogP contribution in [0.25, 0.3) is 0 Å². The van der Waals surface area contributed by atoms with E-state index in [2.05, 4.69) is 20.6 Å². The molecule has 122 valence electrons. The maximum Gasteiger partial charge on any atom is 0.319 e. The highest BCUT2D eigenvalue weighted by Crippen LogP contribution is 2.12. The summed E-state index contributed by atoms with van der Waals surface area (Å²) in [6.07, 6.45) is 3.23. The Hall–Kier alpha value is -2.67. The van der Waals surface area contributed by atoms with Crippen molar-refractivity contribution < 1.29 is 14.3 Å². The average molecular weight is 316 g/mol. The molecule has 23 heavy (non-hydrogen) atoms. The molecule has 0 aromatic carbocycles. The minimum Gasteiger partial charge on any atom is -0.475 e. The van der Waals surface area contributed by atoms with Gasteiger partial charge >= 0.3 is 6.03 Å². The summed E-state index contributed by atoms with van der Waals surface area (Å²) < 4.78 is 10.2. The first-order valence-electron chi connectivity index (χ1n) is 7.25. The van der Waals surface area contributed by atoms with Gasteiger partial charge in [-0.25, -0.2) is 9.78 Å². The Bertz CT molecular complexity index is 604. The van der Waals surface area contributed by atoms with Crippen molar-refractivity contribution in [3.05, 3.63) is 48.4 Å². The number of nitrogens with zero attached hydrogens (tertiary/aromatic N) is 2. The van der Waals surface area contributed by atoms with E-state index in [1.54, 1.807) is 25.4 Å². The van der Waals surface area contributed by atoms with Gasteiger partial charge in [-0.3, -0.25) is 4.98 Å². The molecule has 2 N–H and O–H groups in total. The van der Waals surface area contributed by atoms with Gasteiger partial charge in [0.15, 0.2) is 0 Å². The van der Waals surface area contributed by atoms with E-state index in [0.29, 0.717) is 24.8 Å². The number of hydrogen-bond donors (Lipinski definition) is 2. The Balaban J connectivity index is 1.83. The highest BCUT2D eigenvalue weighted by molar-refractivity contribution is 5.89. The van der Waals surface area contributed by atoms with Crippen LogP contribution in [0.15, 0.2) is 42.7 Å². The van der Waals surface area contributed by atoms with Crippen molar-refractivity contribution in [1.82, 2.24) is 15.3 Å². The molecule has 0 unspecified atom stereocenters. The average Bonchev–Trinajstić information content (AvgIpc) is 2.57. The topological polar surface area (TPSA) is 85.4 Å². The molecule has 0 saturated carbocycles. The monoisotopic (exact) mass is 316 g/mol. The van der Waals surface area contributed by atoms with E-state index < -0.39 is 0 Å². The first-order valence-corrected chi connectivity index (χ1v) is 7.25. The minimum atomic E-state index is -0.321. The second-order valence-electron chi connectivity index (χ2n) is 4.80. The van der Waals surface area contributed by atoms with E-state index in [0.717, 1.165) is 5.69 Å². The fourth-order valence-electron chi connectivity index (χ4n) is 1.84. The number of aromatic nitrogens is 2. The van der Waals surface area contributed by atoms with Crippen molar-refractivity contribution in [2.75, 3.05) is 25.6 Å². The van der Waals surface area contributed by atoms with Crippen molar-refractivity contribution in [3.8, 4) is 5.88 Å². The number of hydrogen-bond acceptors (Lipinski definition) is 5. The van der Waals surface area contributed by atoms with Crippen LogP contribution in [0.2, 0.25) is 0 Å². The van der Waals surface area contributed by atoms with Gasteiger partial charge in [0.1, 0.15) is 6.61 Å². The van der Waals surface area contributed by atoms with Crippen LogP contribution in [0.4, 0.5) is 10.5 Å². The van der Waals surface area contributed by atoms with E-state index in [1.807, 2.05) is 25.1 Å². The smallest absolute Gasteiger partial charge is 0.319 e. The quantitative estimate of drug-likeness (QED) is 0.766. The minimum absolute atomic E-state index is 0.194. The predicted octanol–water partition coefficient (Wildman–Crippen LogP) is 2.38. The van der Waals surface area contributed by atoms with E-state index in [9.17, 15) is 4.79 Å². The summed E-state index contributed by atoms with van der Waals surface area (Å²) in [6.45, 7) is 2.79. The normalized spacial score (nSPS) is 11.6. The molecule has 0 bridgehead atoms. The number of ether oxygens (including phenoxy) is 2. The van der Waals surface area contributed by atoms with Gasteiger partial charge in [0.05, 0.1) is 30.2 Å². The molecule has 0 aliphatic carbocycles. The van der Waals surface area contributed by atoms with Gasteiger partial charge in [0, 0.05) is 19.4 Å². The molecule has 7 nitrogen and oxygen atoms in total. The number of carbonyl (C=O) groups excluding carboxylic acids is 1.